The molecule has 0 amide bonds. The van der Waals surface area contributed by atoms with Crippen LogP contribution in [-0.4, -0.2) is 71.0 Å². The van der Waals surface area contributed by atoms with Gasteiger partial charge in [-0.3, -0.25) is 4.79 Å². The molecule has 1 saturated heterocycles. The molecule has 4 aliphatic carbocycles. The van der Waals surface area contributed by atoms with Crippen LogP contribution in [0.4, 0.5) is 0 Å². The van der Waals surface area contributed by atoms with Gasteiger partial charge in [0.05, 0.1) is 18.8 Å². The second-order valence-corrected chi connectivity index (χ2v) is 18.3. The van der Waals surface area contributed by atoms with Crippen LogP contribution in [0.1, 0.15) is 123 Å². The first kappa shape index (κ1) is 38.6. The molecule has 4 fully saturated rings. The van der Waals surface area contributed by atoms with E-state index in [1.165, 1.54) is 31.3 Å². The molecule has 6 rings (SSSR count). The van der Waals surface area contributed by atoms with Gasteiger partial charge in [-0.2, -0.15) is 0 Å². The molecule has 0 radical (unpaired) electrons. The summed E-state index contributed by atoms with van der Waals surface area (Å²) in [6.45, 7) is 16.5. The number of ketones is 1. The lowest BCUT2D eigenvalue weighted by Gasteiger charge is -2.64. The van der Waals surface area contributed by atoms with Gasteiger partial charge in [0, 0.05) is 11.8 Å². The van der Waals surface area contributed by atoms with Crippen LogP contribution in [0, 0.1) is 51.2 Å². The normalized spacial score (nSPS) is 41.5. The van der Waals surface area contributed by atoms with Gasteiger partial charge in [-0.15, -0.1) is 0 Å². The van der Waals surface area contributed by atoms with Gasteiger partial charge >= 0.3 is 5.97 Å². The lowest BCUT2D eigenvalue weighted by Crippen LogP contribution is -2.60. The molecule has 284 valence electrons. The summed E-state index contributed by atoms with van der Waals surface area (Å²) in [5.41, 5.74) is 2.17. The van der Waals surface area contributed by atoms with Gasteiger partial charge in [-0.05, 0) is 117 Å². The summed E-state index contributed by atoms with van der Waals surface area (Å²) in [6, 6.07) is 8.38. The number of allylic oxidation sites excluding steroid dienone is 2. The van der Waals surface area contributed by atoms with Crippen molar-refractivity contribution >= 4 is 11.8 Å². The van der Waals surface area contributed by atoms with E-state index in [1.807, 2.05) is 0 Å². The van der Waals surface area contributed by atoms with E-state index in [9.17, 15) is 24.9 Å². The molecule has 1 aliphatic heterocycles. The third kappa shape index (κ3) is 6.68. The number of carbonyl (C=O) groups is 2. The largest absolute Gasteiger partial charge is 0.453 e. The van der Waals surface area contributed by atoms with Crippen molar-refractivity contribution < 1.29 is 39.1 Å². The summed E-state index contributed by atoms with van der Waals surface area (Å²) in [5, 5.41) is 31.6. The average Bonchev–Trinajstić information content (AvgIpc) is 3.39. The first-order valence-corrected chi connectivity index (χ1v) is 19.8. The Labute approximate surface area is 305 Å². The Morgan fingerprint density at radius 3 is 2.35 bits per heavy atom. The van der Waals surface area contributed by atoms with Gasteiger partial charge in [0.15, 0.2) is 12.4 Å². The molecule has 13 unspecified atom stereocenters. The van der Waals surface area contributed by atoms with Gasteiger partial charge in [0.25, 0.3) is 0 Å². The fourth-order valence-electron chi connectivity index (χ4n) is 12.0. The van der Waals surface area contributed by atoms with Crippen molar-refractivity contribution in [2.75, 3.05) is 13.2 Å². The second-order valence-electron chi connectivity index (χ2n) is 18.3. The van der Waals surface area contributed by atoms with Gasteiger partial charge in [-0.25, -0.2) is 4.79 Å². The molecule has 1 aromatic carbocycles. The molecule has 0 bridgehead atoms. The van der Waals surface area contributed by atoms with Crippen LogP contribution in [0.15, 0.2) is 42.0 Å². The molecule has 1 heterocycles. The zero-order valence-electron chi connectivity index (χ0n) is 32.1. The third-order valence-electron chi connectivity index (χ3n) is 15.3. The number of aliphatic hydroxyl groups excluding tert-OH is 3. The van der Waals surface area contributed by atoms with Crippen molar-refractivity contribution in [1.82, 2.24) is 0 Å². The monoisotopic (exact) mass is 708 g/mol. The maximum Gasteiger partial charge on any atom is 0.338 e. The van der Waals surface area contributed by atoms with Crippen LogP contribution in [0.3, 0.4) is 0 Å². The molecule has 51 heavy (non-hydrogen) atoms. The van der Waals surface area contributed by atoms with Gasteiger partial charge < -0.3 is 29.5 Å². The van der Waals surface area contributed by atoms with Crippen molar-refractivity contribution in [3.63, 3.8) is 0 Å². The van der Waals surface area contributed by atoms with Gasteiger partial charge in [-0.1, -0.05) is 77.3 Å². The highest BCUT2D eigenvalue weighted by Crippen LogP contribution is 2.73. The van der Waals surface area contributed by atoms with Crippen molar-refractivity contribution in [1.29, 1.82) is 0 Å². The first-order chi connectivity index (χ1) is 24.1. The second kappa shape index (κ2) is 14.6. The number of carbonyl (C=O) groups excluding carboxylic acids is 2. The predicted octanol–water partition coefficient (Wildman–Crippen LogP) is 7.28. The molecule has 3 saturated carbocycles. The predicted molar refractivity (Wildman–Crippen MR) is 196 cm³/mol. The van der Waals surface area contributed by atoms with E-state index < -0.39 is 43.3 Å². The van der Waals surface area contributed by atoms with E-state index in [0.29, 0.717) is 58.9 Å². The molecular weight excluding hydrogens is 644 g/mol. The summed E-state index contributed by atoms with van der Waals surface area (Å²) in [6.07, 6.45) is 7.41. The summed E-state index contributed by atoms with van der Waals surface area (Å²) >= 11 is 0. The number of fused-ring (bicyclic) bond motifs is 5. The topological polar surface area (TPSA) is 123 Å². The molecule has 0 spiro atoms. The Bertz CT molecular complexity index is 1440. The summed E-state index contributed by atoms with van der Waals surface area (Å²) in [7, 11) is 0. The van der Waals surface area contributed by atoms with Crippen LogP contribution in [0.2, 0.25) is 0 Å². The Morgan fingerprint density at radius 2 is 1.65 bits per heavy atom. The molecule has 8 heteroatoms. The summed E-state index contributed by atoms with van der Waals surface area (Å²) in [5.74, 6) is 2.62. The Kier molecular flexibility index (Phi) is 11.1. The molecule has 3 N–H and O–H groups in total. The van der Waals surface area contributed by atoms with E-state index in [4.69, 9.17) is 14.2 Å². The van der Waals surface area contributed by atoms with Crippen LogP contribution < -0.4 is 0 Å². The third-order valence-corrected chi connectivity index (χ3v) is 15.3. The number of rotatable bonds is 11. The Balaban J connectivity index is 0.996. The van der Waals surface area contributed by atoms with E-state index in [1.54, 1.807) is 30.3 Å². The van der Waals surface area contributed by atoms with Crippen molar-refractivity contribution in [2.24, 2.45) is 51.2 Å². The maximum absolute atomic E-state index is 13.0. The van der Waals surface area contributed by atoms with Crippen molar-refractivity contribution in [3.8, 4) is 0 Å². The highest BCUT2D eigenvalue weighted by Gasteiger charge is 2.66. The molecule has 5 aliphatic rings. The number of esters is 1. The Morgan fingerprint density at radius 1 is 0.941 bits per heavy atom. The van der Waals surface area contributed by atoms with Crippen molar-refractivity contribution in [2.45, 2.75) is 143 Å². The lowest BCUT2D eigenvalue weighted by atomic mass is 9.40. The first-order valence-electron chi connectivity index (χ1n) is 19.8. The van der Waals surface area contributed by atoms with E-state index >= 15 is 0 Å². The Hall–Kier alpha value is -2.10. The molecule has 8 nitrogen and oxygen atoms in total. The van der Waals surface area contributed by atoms with Crippen molar-refractivity contribution in [3.05, 3.63) is 47.5 Å². The molecule has 1 aromatic rings. The zero-order chi connectivity index (χ0) is 36.9. The minimum Gasteiger partial charge on any atom is -0.453 e. The molecular formula is C43H64O8. The van der Waals surface area contributed by atoms with Gasteiger partial charge in [0.1, 0.15) is 24.1 Å². The average molecular weight is 709 g/mol. The highest BCUT2D eigenvalue weighted by molar-refractivity contribution is 5.89. The van der Waals surface area contributed by atoms with E-state index in [0.717, 1.165) is 32.1 Å². The van der Waals surface area contributed by atoms with Crippen LogP contribution in [0.5, 0.6) is 0 Å². The SMILES string of the molecule is CC(CCCC(C)C1CCC2(C)C3CC=C4C(C)(C)C(=O)CCC4(C)C3CCC12C)COC1OC(CO)C(OC(=O)c2ccccc2)C(O)C1O. The van der Waals surface area contributed by atoms with Crippen LogP contribution in [0.25, 0.3) is 0 Å². The number of hydrogen-bond acceptors (Lipinski definition) is 8. The number of Topliss-reactive ketones (excluding diaryl/α,β-unsaturated/α-hetero) is 1. The summed E-state index contributed by atoms with van der Waals surface area (Å²) in [4.78, 5) is 25.6. The standard InChI is InChI=1S/C43H64O8/c1-26(25-49-39-36(47)35(46)37(32(24-44)50-39)51-38(48)28-14-9-8-10-15-28)12-11-13-27(2)29-18-22-43(7)31-16-17-33-40(3,4)34(45)20-21-41(33,5)30(31)19-23-42(29,43)6/h8-10,14-15,17,26-27,29-32,35-37,39,44,46-47H,11-13,16,18-25H2,1-7H3. The number of hydrogen-bond donors (Lipinski definition) is 3. The summed E-state index contributed by atoms with van der Waals surface area (Å²) < 4.78 is 17.2. The van der Waals surface area contributed by atoms with Crippen LogP contribution >= 0.6 is 0 Å². The van der Waals surface area contributed by atoms with Gasteiger partial charge in [0.2, 0.25) is 0 Å². The minimum atomic E-state index is -1.47. The number of benzene rings is 1. The molecule has 0 aromatic heterocycles. The zero-order valence-corrected chi connectivity index (χ0v) is 32.1. The number of ether oxygens (including phenoxy) is 3. The highest BCUT2D eigenvalue weighted by atomic mass is 16.7. The fourth-order valence-corrected chi connectivity index (χ4v) is 12.0. The fraction of sp³-hybridized carbons (Fsp3) is 0.767. The minimum absolute atomic E-state index is 0.138. The maximum atomic E-state index is 13.0. The van der Waals surface area contributed by atoms with E-state index in [2.05, 4.69) is 54.5 Å². The van der Waals surface area contributed by atoms with Crippen LogP contribution in [-0.2, 0) is 19.0 Å². The lowest BCUT2D eigenvalue weighted by molar-refractivity contribution is -0.302. The molecule has 13 atom stereocenters. The number of aliphatic hydroxyl groups is 3. The van der Waals surface area contributed by atoms with E-state index in [-0.39, 0.29) is 16.7 Å². The smallest absolute Gasteiger partial charge is 0.338 e. The quantitative estimate of drug-likeness (QED) is 0.162.